The van der Waals surface area contributed by atoms with Crippen LogP contribution in [0.25, 0.3) is 0 Å². The van der Waals surface area contributed by atoms with Gasteiger partial charge >= 0.3 is 5.97 Å². The summed E-state index contributed by atoms with van der Waals surface area (Å²) in [5.41, 5.74) is 6.68. The summed E-state index contributed by atoms with van der Waals surface area (Å²) in [5.74, 6) is 0.358. The lowest BCUT2D eigenvalue weighted by Gasteiger charge is -2.15. The fourth-order valence-electron chi connectivity index (χ4n) is 4.34. The maximum absolute atomic E-state index is 12.8. The molecule has 1 aliphatic heterocycles. The Bertz CT molecular complexity index is 1120. The average Bonchev–Trinajstić information content (AvgIpc) is 3.02. The Kier molecular flexibility index (Phi) is 6.61. The van der Waals surface area contributed by atoms with Crippen LogP contribution in [0.4, 0.5) is 11.4 Å². The van der Waals surface area contributed by atoms with Gasteiger partial charge < -0.3 is 19.7 Å². The summed E-state index contributed by atoms with van der Waals surface area (Å²) in [4.78, 5) is 17.4. The van der Waals surface area contributed by atoms with Crippen molar-refractivity contribution in [1.29, 1.82) is 0 Å². The number of hydrogen-bond donors (Lipinski definition) is 2. The minimum Gasteiger partial charge on any atom is -0.461 e. The zero-order chi connectivity index (χ0) is 22.7. The number of carbonyl (C=O) groups excluding carboxylic acids is 1. The molecule has 2 N–H and O–H groups in total. The number of ether oxygens (including phenoxy) is 1. The van der Waals surface area contributed by atoms with Gasteiger partial charge in [0.25, 0.3) is 0 Å². The number of rotatable bonds is 7. The van der Waals surface area contributed by atoms with E-state index in [1.165, 1.54) is 11.1 Å². The monoisotopic (exact) mass is 433 g/mol. The molecule has 0 spiro atoms. The molecule has 0 bridgehead atoms. The highest BCUT2D eigenvalue weighted by Gasteiger charge is 2.26. The van der Waals surface area contributed by atoms with Gasteiger partial charge in [-0.1, -0.05) is 37.3 Å². The van der Waals surface area contributed by atoms with Crippen LogP contribution < -0.4 is 5.32 Å². The Labute approximate surface area is 189 Å². The molecule has 2 aromatic carbocycles. The largest absolute Gasteiger partial charge is 0.461 e. The van der Waals surface area contributed by atoms with Gasteiger partial charge in [0, 0.05) is 24.3 Å². The number of esters is 1. The normalized spacial score (nSPS) is 13.5. The number of anilines is 2. The number of carbonyl (C=O) groups is 1. The number of nitrogens with one attached hydrogen (secondary N) is 1. The molecule has 4 rings (SSSR count). The van der Waals surface area contributed by atoms with E-state index in [0.29, 0.717) is 17.9 Å². The number of fused-ring (bicyclic) bond motifs is 2. The van der Waals surface area contributed by atoms with Crippen molar-refractivity contribution >= 4 is 17.3 Å². The molecule has 1 unspecified atom stereocenters. The van der Waals surface area contributed by atoms with E-state index in [9.17, 15) is 9.90 Å². The van der Waals surface area contributed by atoms with Gasteiger partial charge in [-0.05, 0) is 61.9 Å². The Balaban J connectivity index is 1.70. The van der Waals surface area contributed by atoms with Gasteiger partial charge in [-0.2, -0.15) is 0 Å². The van der Waals surface area contributed by atoms with Crippen molar-refractivity contribution in [1.82, 2.24) is 9.55 Å². The standard InChI is InChI=1S/C26H31N3O3/c1-4-8-23-28-24(17(3)30)25(26(31)32-5-2)29(23)16-18-11-14-22-20(15-18)13-12-19-9-6-7-10-21(19)27-22/h6-7,9-11,14-15,17,27,30H,4-5,8,12-13,16H2,1-3H3. The van der Waals surface area contributed by atoms with Crippen molar-refractivity contribution in [3.63, 3.8) is 0 Å². The van der Waals surface area contributed by atoms with Crippen LogP contribution in [0, 0.1) is 0 Å². The molecule has 32 heavy (non-hydrogen) atoms. The van der Waals surface area contributed by atoms with Crippen LogP contribution in [0.1, 0.15) is 72.0 Å². The quantitative estimate of drug-likeness (QED) is 0.515. The molecule has 3 aromatic rings. The molecule has 0 aliphatic carbocycles. The molecule has 0 amide bonds. The summed E-state index contributed by atoms with van der Waals surface area (Å²) < 4.78 is 7.23. The van der Waals surface area contributed by atoms with E-state index in [4.69, 9.17) is 4.74 Å². The van der Waals surface area contributed by atoms with E-state index in [-0.39, 0.29) is 6.61 Å². The van der Waals surface area contributed by atoms with Gasteiger partial charge in [-0.25, -0.2) is 9.78 Å². The van der Waals surface area contributed by atoms with E-state index in [0.717, 1.165) is 48.4 Å². The molecular weight excluding hydrogens is 402 g/mol. The highest BCUT2D eigenvalue weighted by Crippen LogP contribution is 2.31. The number of imidazole rings is 1. The summed E-state index contributed by atoms with van der Waals surface area (Å²) in [7, 11) is 0. The van der Waals surface area contributed by atoms with Gasteiger partial charge in [-0.3, -0.25) is 0 Å². The fraction of sp³-hybridized carbons (Fsp3) is 0.385. The summed E-state index contributed by atoms with van der Waals surface area (Å²) in [5, 5.41) is 13.8. The van der Waals surface area contributed by atoms with Crippen LogP contribution in [0.15, 0.2) is 42.5 Å². The fourth-order valence-corrected chi connectivity index (χ4v) is 4.34. The van der Waals surface area contributed by atoms with Crippen LogP contribution >= 0.6 is 0 Å². The number of nitrogens with zero attached hydrogens (tertiary/aromatic N) is 2. The Hall–Kier alpha value is -3.12. The molecule has 2 heterocycles. The summed E-state index contributed by atoms with van der Waals surface area (Å²) >= 11 is 0. The first-order chi connectivity index (χ1) is 15.5. The first-order valence-electron chi connectivity index (χ1n) is 11.4. The molecule has 0 saturated heterocycles. The summed E-state index contributed by atoms with van der Waals surface area (Å²) in [6.07, 6.45) is 2.70. The van der Waals surface area contributed by atoms with E-state index in [2.05, 4.69) is 59.7 Å². The molecule has 0 fully saturated rings. The highest BCUT2D eigenvalue weighted by molar-refractivity contribution is 5.89. The summed E-state index contributed by atoms with van der Waals surface area (Å²) in [6, 6.07) is 14.8. The smallest absolute Gasteiger partial charge is 0.357 e. The minimum absolute atomic E-state index is 0.275. The zero-order valence-corrected chi connectivity index (χ0v) is 19.0. The summed E-state index contributed by atoms with van der Waals surface area (Å²) in [6.45, 7) is 6.28. The van der Waals surface area contributed by atoms with E-state index in [1.54, 1.807) is 13.8 Å². The number of aliphatic hydroxyl groups excluding tert-OH is 1. The van der Waals surface area contributed by atoms with Crippen molar-refractivity contribution < 1.29 is 14.6 Å². The second-order valence-corrected chi connectivity index (χ2v) is 8.27. The van der Waals surface area contributed by atoms with E-state index < -0.39 is 12.1 Å². The number of para-hydroxylation sites is 1. The number of aromatic nitrogens is 2. The van der Waals surface area contributed by atoms with Crippen LogP contribution in [0.5, 0.6) is 0 Å². The lowest BCUT2D eigenvalue weighted by Crippen LogP contribution is -2.17. The molecular formula is C26H31N3O3. The van der Waals surface area contributed by atoms with E-state index in [1.807, 2.05) is 4.57 Å². The Morgan fingerprint density at radius 1 is 1.16 bits per heavy atom. The van der Waals surface area contributed by atoms with Crippen molar-refractivity contribution in [2.75, 3.05) is 11.9 Å². The van der Waals surface area contributed by atoms with Gasteiger partial charge in [0.2, 0.25) is 0 Å². The maximum Gasteiger partial charge on any atom is 0.357 e. The van der Waals surface area contributed by atoms with Gasteiger partial charge in [-0.15, -0.1) is 0 Å². The number of aliphatic hydroxyl groups is 1. The van der Waals surface area contributed by atoms with Crippen LogP contribution in [-0.2, 0) is 30.5 Å². The number of hydrogen-bond acceptors (Lipinski definition) is 5. The third-order valence-electron chi connectivity index (χ3n) is 5.87. The van der Waals surface area contributed by atoms with Gasteiger partial charge in [0.15, 0.2) is 5.69 Å². The third-order valence-corrected chi connectivity index (χ3v) is 5.87. The minimum atomic E-state index is -0.846. The second kappa shape index (κ2) is 9.57. The third kappa shape index (κ3) is 4.41. The van der Waals surface area contributed by atoms with Crippen LogP contribution in [0.3, 0.4) is 0 Å². The zero-order valence-electron chi connectivity index (χ0n) is 19.0. The molecule has 6 heteroatoms. The maximum atomic E-state index is 12.8. The first kappa shape index (κ1) is 22.1. The average molecular weight is 434 g/mol. The number of aryl methyl sites for hydroxylation is 3. The topological polar surface area (TPSA) is 76.4 Å². The van der Waals surface area contributed by atoms with Crippen molar-refractivity contribution in [2.45, 2.75) is 59.1 Å². The Morgan fingerprint density at radius 2 is 1.91 bits per heavy atom. The van der Waals surface area contributed by atoms with Crippen molar-refractivity contribution in [2.24, 2.45) is 0 Å². The molecule has 0 saturated carbocycles. The predicted molar refractivity (Wildman–Crippen MR) is 125 cm³/mol. The van der Waals surface area contributed by atoms with Crippen LogP contribution in [0.2, 0.25) is 0 Å². The Morgan fingerprint density at radius 3 is 2.66 bits per heavy atom. The highest BCUT2D eigenvalue weighted by atomic mass is 16.5. The van der Waals surface area contributed by atoms with Crippen molar-refractivity contribution in [3.05, 3.63) is 76.4 Å². The van der Waals surface area contributed by atoms with E-state index >= 15 is 0 Å². The van der Waals surface area contributed by atoms with Crippen molar-refractivity contribution in [3.8, 4) is 0 Å². The SMILES string of the molecule is CCCc1nc(C(C)O)c(C(=O)OCC)n1Cc1ccc2c(c1)CCc1ccccc1N2. The lowest BCUT2D eigenvalue weighted by atomic mass is 10.0. The van der Waals surface area contributed by atoms with Gasteiger partial charge in [0.1, 0.15) is 11.5 Å². The molecule has 1 aromatic heterocycles. The molecule has 1 aliphatic rings. The predicted octanol–water partition coefficient (Wildman–Crippen LogP) is 4.96. The van der Waals surface area contributed by atoms with Gasteiger partial charge in [0.05, 0.1) is 12.7 Å². The first-order valence-corrected chi connectivity index (χ1v) is 11.4. The second-order valence-electron chi connectivity index (χ2n) is 8.27. The lowest BCUT2D eigenvalue weighted by molar-refractivity contribution is 0.0506. The molecule has 0 radical (unpaired) electrons. The molecule has 168 valence electrons. The molecule has 1 atom stereocenters. The molecule has 6 nitrogen and oxygen atoms in total. The number of benzene rings is 2. The van der Waals surface area contributed by atoms with Crippen LogP contribution in [-0.4, -0.2) is 27.2 Å².